The number of hydrogen-bond acceptors (Lipinski definition) is 3. The molecule has 0 aromatic carbocycles. The first kappa shape index (κ1) is 18.0. The summed E-state index contributed by atoms with van der Waals surface area (Å²) in [6.07, 6.45) is -4.96. The van der Waals surface area contributed by atoms with Crippen LogP contribution in [0, 0.1) is 6.92 Å². The van der Waals surface area contributed by atoms with Gasteiger partial charge in [-0.3, -0.25) is 0 Å². The number of aryl methyl sites for hydroxylation is 1. The van der Waals surface area contributed by atoms with Gasteiger partial charge >= 0.3 is 6.18 Å². The molecule has 122 valence electrons. The number of hydrogen-bond donors (Lipinski definition) is 1. The minimum absolute atomic E-state index is 0.00646. The zero-order valence-electron chi connectivity index (χ0n) is 13.1. The lowest BCUT2D eigenvalue weighted by Crippen LogP contribution is -2.35. The Kier molecular flexibility index (Phi) is 6.28. The minimum atomic E-state index is -4.11. The van der Waals surface area contributed by atoms with E-state index in [1.165, 1.54) is 0 Å². The van der Waals surface area contributed by atoms with Gasteiger partial charge in [-0.2, -0.15) is 13.2 Å². The third-order valence-corrected chi connectivity index (χ3v) is 2.84. The maximum Gasteiger partial charge on any atom is 0.389 e. The molecule has 1 N–H and O–H groups in total. The maximum absolute atomic E-state index is 12.0. The van der Waals surface area contributed by atoms with Crippen LogP contribution in [0.4, 0.5) is 13.2 Å². The van der Waals surface area contributed by atoms with Crippen molar-refractivity contribution in [2.45, 2.75) is 65.4 Å². The maximum atomic E-state index is 12.0. The van der Waals surface area contributed by atoms with Crippen molar-refractivity contribution in [1.82, 2.24) is 5.32 Å². The normalized spacial score (nSPS) is 12.9. The molecular formula is C15H24F3NO2. The Labute approximate surface area is 123 Å². The fraction of sp³-hybridized carbons (Fsp3) is 0.733. The molecule has 1 aromatic heterocycles. The quantitative estimate of drug-likeness (QED) is 0.761. The molecule has 6 heteroatoms. The van der Waals surface area contributed by atoms with Crippen molar-refractivity contribution in [1.29, 1.82) is 0 Å². The molecule has 21 heavy (non-hydrogen) atoms. The second-order valence-electron chi connectivity index (χ2n) is 6.19. The highest BCUT2D eigenvalue weighted by Crippen LogP contribution is 2.21. The van der Waals surface area contributed by atoms with Crippen LogP contribution in [0.1, 0.15) is 50.7 Å². The van der Waals surface area contributed by atoms with Crippen LogP contribution < -0.4 is 5.32 Å². The number of furan rings is 1. The van der Waals surface area contributed by atoms with Gasteiger partial charge in [0.1, 0.15) is 18.1 Å². The van der Waals surface area contributed by atoms with Crippen LogP contribution in [-0.2, 0) is 17.9 Å². The molecule has 0 aliphatic carbocycles. The van der Waals surface area contributed by atoms with Gasteiger partial charge in [-0.15, -0.1) is 0 Å². The number of rotatable bonds is 7. The predicted molar refractivity (Wildman–Crippen MR) is 75.0 cm³/mol. The summed E-state index contributed by atoms with van der Waals surface area (Å²) < 4.78 is 46.7. The van der Waals surface area contributed by atoms with Crippen molar-refractivity contribution in [2.75, 3.05) is 6.61 Å². The van der Waals surface area contributed by atoms with E-state index in [1.54, 1.807) is 0 Å². The second-order valence-corrected chi connectivity index (χ2v) is 6.19. The largest absolute Gasteiger partial charge is 0.462 e. The summed E-state index contributed by atoms with van der Waals surface area (Å²) in [5.74, 6) is 1.48. The predicted octanol–water partition coefficient (Wildman–Crippen LogP) is 4.34. The molecule has 0 unspecified atom stereocenters. The van der Waals surface area contributed by atoms with Gasteiger partial charge in [0.05, 0.1) is 6.54 Å². The van der Waals surface area contributed by atoms with Crippen LogP contribution in [0.25, 0.3) is 0 Å². The van der Waals surface area contributed by atoms with E-state index in [1.807, 2.05) is 13.0 Å². The van der Waals surface area contributed by atoms with Crippen molar-refractivity contribution < 1.29 is 22.3 Å². The van der Waals surface area contributed by atoms with Gasteiger partial charge in [0.15, 0.2) is 0 Å². The molecule has 0 atom stereocenters. The van der Waals surface area contributed by atoms with Crippen LogP contribution in [0.2, 0.25) is 0 Å². The van der Waals surface area contributed by atoms with E-state index in [2.05, 4.69) is 26.1 Å². The minimum Gasteiger partial charge on any atom is -0.462 e. The average molecular weight is 307 g/mol. The molecule has 0 radical (unpaired) electrons. The lowest BCUT2D eigenvalue weighted by Gasteiger charge is -2.19. The molecule has 0 saturated heterocycles. The van der Waals surface area contributed by atoms with Gasteiger partial charge in [-0.05, 0) is 45.7 Å². The fourth-order valence-electron chi connectivity index (χ4n) is 1.73. The summed E-state index contributed by atoms with van der Waals surface area (Å²) in [6, 6.07) is 1.86. The fourth-order valence-corrected chi connectivity index (χ4v) is 1.73. The summed E-state index contributed by atoms with van der Waals surface area (Å²) in [6.45, 7) is 9.03. The Bertz CT molecular complexity index is 433. The van der Waals surface area contributed by atoms with Crippen molar-refractivity contribution in [2.24, 2.45) is 0 Å². The first-order valence-corrected chi connectivity index (χ1v) is 7.04. The zero-order chi connectivity index (χ0) is 16.1. The molecule has 3 nitrogen and oxygen atoms in total. The number of halogens is 3. The Morgan fingerprint density at radius 1 is 1.24 bits per heavy atom. The highest BCUT2D eigenvalue weighted by Gasteiger charge is 2.25. The molecule has 0 fully saturated rings. The summed E-state index contributed by atoms with van der Waals surface area (Å²) >= 11 is 0. The molecule has 0 amide bonds. The molecule has 0 aliphatic heterocycles. The van der Waals surface area contributed by atoms with Crippen LogP contribution in [0.5, 0.6) is 0 Å². The first-order valence-electron chi connectivity index (χ1n) is 7.04. The topological polar surface area (TPSA) is 34.4 Å². The van der Waals surface area contributed by atoms with Gasteiger partial charge in [0, 0.05) is 18.6 Å². The summed E-state index contributed by atoms with van der Waals surface area (Å²) in [5.41, 5.74) is 1.01. The highest BCUT2D eigenvalue weighted by atomic mass is 19.4. The molecule has 0 saturated carbocycles. The van der Waals surface area contributed by atoms with E-state index in [4.69, 9.17) is 9.15 Å². The van der Waals surface area contributed by atoms with E-state index in [0.29, 0.717) is 12.3 Å². The van der Waals surface area contributed by atoms with Crippen LogP contribution in [0.3, 0.4) is 0 Å². The van der Waals surface area contributed by atoms with E-state index in [0.717, 1.165) is 11.3 Å². The summed E-state index contributed by atoms with van der Waals surface area (Å²) in [4.78, 5) is 0. The van der Waals surface area contributed by atoms with Crippen LogP contribution in [0.15, 0.2) is 10.5 Å². The summed E-state index contributed by atoms with van der Waals surface area (Å²) in [5, 5.41) is 3.33. The smallest absolute Gasteiger partial charge is 0.389 e. The molecule has 0 spiro atoms. The molecule has 1 rings (SSSR count). The van der Waals surface area contributed by atoms with Gasteiger partial charge in [0.25, 0.3) is 0 Å². The lowest BCUT2D eigenvalue weighted by atomic mass is 10.1. The second kappa shape index (κ2) is 7.31. The van der Waals surface area contributed by atoms with E-state index in [9.17, 15) is 13.2 Å². The summed E-state index contributed by atoms with van der Waals surface area (Å²) in [7, 11) is 0. The number of ether oxygens (including phenoxy) is 1. The molecule has 0 bridgehead atoms. The van der Waals surface area contributed by atoms with Gasteiger partial charge in [0.2, 0.25) is 0 Å². The van der Waals surface area contributed by atoms with E-state index in [-0.39, 0.29) is 25.2 Å². The number of nitrogens with one attached hydrogen (secondary N) is 1. The average Bonchev–Trinajstić information content (AvgIpc) is 2.64. The van der Waals surface area contributed by atoms with Crippen LogP contribution >= 0.6 is 0 Å². The number of alkyl halides is 3. The Hall–Kier alpha value is -1.01. The van der Waals surface area contributed by atoms with Gasteiger partial charge in [-0.1, -0.05) is 0 Å². The van der Waals surface area contributed by atoms with Crippen molar-refractivity contribution in [3.63, 3.8) is 0 Å². The molecular weight excluding hydrogens is 283 g/mol. The third-order valence-electron chi connectivity index (χ3n) is 2.84. The Morgan fingerprint density at radius 2 is 1.90 bits per heavy atom. The standard InChI is InChI=1S/C15H24F3NO2/c1-11-8-12(10-20-7-5-6-15(16,17)18)21-13(11)9-19-14(2,3)4/h8,19H,5-7,9-10H2,1-4H3. The van der Waals surface area contributed by atoms with Gasteiger partial charge in [-0.25, -0.2) is 0 Å². The zero-order valence-corrected chi connectivity index (χ0v) is 13.1. The van der Waals surface area contributed by atoms with Crippen molar-refractivity contribution in [3.8, 4) is 0 Å². The Morgan fingerprint density at radius 3 is 2.48 bits per heavy atom. The molecule has 0 aliphatic rings. The van der Waals surface area contributed by atoms with Gasteiger partial charge < -0.3 is 14.5 Å². The highest BCUT2D eigenvalue weighted by molar-refractivity contribution is 5.19. The van der Waals surface area contributed by atoms with Crippen LogP contribution in [-0.4, -0.2) is 18.3 Å². The Balaban J connectivity index is 2.33. The third kappa shape index (κ3) is 8.12. The van der Waals surface area contributed by atoms with E-state index < -0.39 is 12.6 Å². The lowest BCUT2D eigenvalue weighted by molar-refractivity contribution is -0.138. The monoisotopic (exact) mass is 307 g/mol. The molecule has 1 heterocycles. The first-order chi connectivity index (χ1) is 9.57. The van der Waals surface area contributed by atoms with E-state index >= 15 is 0 Å². The molecule has 1 aromatic rings. The SMILES string of the molecule is Cc1cc(COCCCC(F)(F)F)oc1CNC(C)(C)C. The van der Waals surface area contributed by atoms with Crippen molar-refractivity contribution >= 4 is 0 Å². The van der Waals surface area contributed by atoms with Crippen molar-refractivity contribution in [3.05, 3.63) is 23.2 Å².